The number of aliphatic hydroxyl groups is 9. The molecule has 0 aromatic rings. The zero-order valence-electron chi connectivity index (χ0n) is 34.0. The zero-order chi connectivity index (χ0) is 40.4. The summed E-state index contributed by atoms with van der Waals surface area (Å²) >= 11 is 0. The highest BCUT2D eigenvalue weighted by molar-refractivity contribution is 5.22. The number of ether oxygens (including phenoxy) is 5. The highest BCUT2D eigenvalue weighted by Gasteiger charge is 2.74. The van der Waals surface area contributed by atoms with Crippen LogP contribution in [0.25, 0.3) is 0 Å². The SMILES string of the molecule is CC1(C)OC(C)(C2CCC3(C)C2C(O)CC2C4(C)CCC(O)C(C)(C)C4C(OC4OC(CO)C(O)C(O)C4OC4OCC(O)C(O)C4O)CC23C)CCC1O. The van der Waals surface area contributed by atoms with Gasteiger partial charge in [0.1, 0.15) is 42.7 Å². The highest BCUT2D eigenvalue weighted by atomic mass is 16.8. The van der Waals surface area contributed by atoms with Gasteiger partial charge in [-0.15, -0.1) is 0 Å². The Labute approximate surface area is 325 Å². The summed E-state index contributed by atoms with van der Waals surface area (Å²) in [5.74, 6) is -0.260. The molecule has 14 heteroatoms. The Morgan fingerprint density at radius 3 is 2.00 bits per heavy atom. The summed E-state index contributed by atoms with van der Waals surface area (Å²) in [5, 5.41) is 98.7. The lowest BCUT2D eigenvalue weighted by molar-refractivity contribution is -0.377. The molecule has 0 aromatic carbocycles. The molecule has 0 spiro atoms. The molecule has 21 unspecified atom stereocenters. The Morgan fingerprint density at radius 2 is 1.35 bits per heavy atom. The van der Waals surface area contributed by atoms with E-state index in [9.17, 15) is 46.0 Å². The van der Waals surface area contributed by atoms with Crippen molar-refractivity contribution in [2.75, 3.05) is 13.2 Å². The van der Waals surface area contributed by atoms with E-state index in [1.807, 2.05) is 13.8 Å². The van der Waals surface area contributed by atoms with E-state index in [1.165, 1.54) is 0 Å². The topological polar surface area (TPSA) is 228 Å². The number of hydrogen-bond acceptors (Lipinski definition) is 14. The molecule has 0 amide bonds. The third-order valence-electron chi connectivity index (χ3n) is 17.1. The van der Waals surface area contributed by atoms with Crippen LogP contribution in [0, 0.1) is 45.3 Å². The Morgan fingerprint density at radius 1 is 0.673 bits per heavy atom. The van der Waals surface area contributed by atoms with Gasteiger partial charge in [0, 0.05) is 0 Å². The molecule has 7 rings (SSSR count). The first kappa shape index (κ1) is 42.6. The molecule has 4 saturated carbocycles. The summed E-state index contributed by atoms with van der Waals surface area (Å²) in [7, 11) is 0. The van der Waals surface area contributed by atoms with Crippen molar-refractivity contribution < 1.29 is 69.6 Å². The molecule has 14 nitrogen and oxygen atoms in total. The fourth-order valence-corrected chi connectivity index (χ4v) is 14.0. The molecule has 3 heterocycles. The molecule has 21 atom stereocenters. The predicted molar refractivity (Wildman–Crippen MR) is 196 cm³/mol. The first-order chi connectivity index (χ1) is 25.5. The second-order valence-corrected chi connectivity index (χ2v) is 20.7. The first-order valence-electron chi connectivity index (χ1n) is 20.8. The van der Waals surface area contributed by atoms with Gasteiger partial charge < -0.3 is 69.6 Å². The van der Waals surface area contributed by atoms with Crippen LogP contribution in [0.2, 0.25) is 0 Å². The second-order valence-electron chi connectivity index (χ2n) is 20.7. The molecule has 7 fully saturated rings. The molecular formula is C41H70O14. The van der Waals surface area contributed by atoms with E-state index in [0.29, 0.717) is 38.5 Å². The van der Waals surface area contributed by atoms with Crippen LogP contribution in [0.3, 0.4) is 0 Å². The molecular weight excluding hydrogens is 716 g/mol. The van der Waals surface area contributed by atoms with Gasteiger partial charge in [-0.05, 0) is 117 Å². The van der Waals surface area contributed by atoms with Crippen LogP contribution >= 0.6 is 0 Å². The van der Waals surface area contributed by atoms with Gasteiger partial charge in [0.05, 0.1) is 48.8 Å². The van der Waals surface area contributed by atoms with Crippen LogP contribution in [0.5, 0.6) is 0 Å². The summed E-state index contributed by atoms with van der Waals surface area (Å²) in [6, 6.07) is 0. The molecule has 55 heavy (non-hydrogen) atoms. The summed E-state index contributed by atoms with van der Waals surface area (Å²) in [5.41, 5.74) is -3.12. The lowest BCUT2D eigenvalue weighted by atomic mass is 9.34. The van der Waals surface area contributed by atoms with Crippen molar-refractivity contribution in [3.63, 3.8) is 0 Å². The largest absolute Gasteiger partial charge is 0.394 e. The Hall–Kier alpha value is -0.560. The average molecular weight is 787 g/mol. The van der Waals surface area contributed by atoms with Gasteiger partial charge in [-0.25, -0.2) is 0 Å². The van der Waals surface area contributed by atoms with Gasteiger partial charge in [-0.2, -0.15) is 0 Å². The first-order valence-corrected chi connectivity index (χ1v) is 20.8. The van der Waals surface area contributed by atoms with E-state index < -0.39 is 114 Å². The summed E-state index contributed by atoms with van der Waals surface area (Å²) in [4.78, 5) is 0. The number of hydrogen-bond donors (Lipinski definition) is 9. The van der Waals surface area contributed by atoms with Crippen molar-refractivity contribution in [3.8, 4) is 0 Å². The third-order valence-corrected chi connectivity index (χ3v) is 17.1. The van der Waals surface area contributed by atoms with E-state index in [-0.39, 0.29) is 35.7 Å². The molecule has 7 aliphatic rings. The summed E-state index contributed by atoms with van der Waals surface area (Å²) < 4.78 is 31.7. The molecule has 318 valence electrons. The quantitative estimate of drug-likeness (QED) is 0.171. The van der Waals surface area contributed by atoms with Crippen LogP contribution in [0.15, 0.2) is 0 Å². The van der Waals surface area contributed by atoms with Crippen molar-refractivity contribution in [1.82, 2.24) is 0 Å². The van der Waals surface area contributed by atoms with E-state index in [1.54, 1.807) is 0 Å². The van der Waals surface area contributed by atoms with Crippen molar-refractivity contribution in [2.45, 2.75) is 198 Å². The Bertz CT molecular complexity index is 1400. The monoisotopic (exact) mass is 786 g/mol. The fourth-order valence-electron chi connectivity index (χ4n) is 14.0. The van der Waals surface area contributed by atoms with Gasteiger partial charge >= 0.3 is 0 Å². The standard InChI is InChI=1S/C41H70O14/c1-36(2)25(45)10-12-38(5)24-15-20(43)27-19(41(8)14-11-26(46)37(3,4)55-41)9-13-39(27,6)40(24,7)16-22(33(36)38)52-35-32(30(49)29(48)23(17-42)53-35)54-34-31(50)28(47)21(44)18-51-34/h19-35,42-50H,9-18H2,1-8H3. The molecule has 0 aromatic heterocycles. The molecule has 4 aliphatic carbocycles. The van der Waals surface area contributed by atoms with Crippen LogP contribution in [0.1, 0.15) is 107 Å². The number of fused-ring (bicyclic) bond motifs is 5. The van der Waals surface area contributed by atoms with Crippen LogP contribution in [-0.2, 0) is 23.7 Å². The Kier molecular flexibility index (Phi) is 11.1. The molecule has 0 radical (unpaired) electrons. The maximum absolute atomic E-state index is 12.4. The maximum Gasteiger partial charge on any atom is 0.187 e. The van der Waals surface area contributed by atoms with Crippen LogP contribution < -0.4 is 0 Å². The number of rotatable bonds is 6. The van der Waals surface area contributed by atoms with Gasteiger partial charge in [0.25, 0.3) is 0 Å². The number of aliphatic hydroxyl groups excluding tert-OH is 9. The maximum atomic E-state index is 12.4. The van der Waals surface area contributed by atoms with E-state index in [2.05, 4.69) is 41.5 Å². The summed E-state index contributed by atoms with van der Waals surface area (Å²) in [6.07, 6.45) is -10.4. The van der Waals surface area contributed by atoms with Gasteiger partial charge in [-0.3, -0.25) is 0 Å². The van der Waals surface area contributed by atoms with Gasteiger partial charge in [0.2, 0.25) is 0 Å². The minimum atomic E-state index is -1.68. The van der Waals surface area contributed by atoms with Crippen LogP contribution in [-0.4, -0.2) is 150 Å². The third kappa shape index (κ3) is 6.42. The minimum Gasteiger partial charge on any atom is -0.394 e. The lowest BCUT2D eigenvalue weighted by Crippen LogP contribution is -2.71. The van der Waals surface area contributed by atoms with E-state index >= 15 is 0 Å². The van der Waals surface area contributed by atoms with Crippen molar-refractivity contribution in [3.05, 3.63) is 0 Å². The zero-order valence-corrected chi connectivity index (χ0v) is 34.0. The molecule has 9 N–H and O–H groups in total. The van der Waals surface area contributed by atoms with Gasteiger partial charge in [0.15, 0.2) is 12.6 Å². The smallest absolute Gasteiger partial charge is 0.187 e. The average Bonchev–Trinajstić information content (AvgIpc) is 3.49. The molecule has 3 aliphatic heterocycles. The molecule has 3 saturated heterocycles. The second kappa shape index (κ2) is 14.3. The Balaban J connectivity index is 1.26. The normalized spacial score (nSPS) is 57.7. The lowest BCUT2D eigenvalue weighted by Gasteiger charge is -2.72. The van der Waals surface area contributed by atoms with Crippen molar-refractivity contribution in [1.29, 1.82) is 0 Å². The van der Waals surface area contributed by atoms with Gasteiger partial charge in [-0.1, -0.05) is 34.6 Å². The highest BCUT2D eigenvalue weighted by Crippen LogP contribution is 2.76. The molecule has 0 bridgehead atoms. The predicted octanol–water partition coefficient (Wildman–Crippen LogP) is 0.970. The van der Waals surface area contributed by atoms with E-state index in [4.69, 9.17) is 23.7 Å². The fraction of sp³-hybridized carbons (Fsp3) is 1.00. The van der Waals surface area contributed by atoms with Crippen LogP contribution in [0.4, 0.5) is 0 Å². The van der Waals surface area contributed by atoms with E-state index in [0.717, 1.165) is 12.8 Å². The summed E-state index contributed by atoms with van der Waals surface area (Å²) in [6.45, 7) is 16.1. The minimum absolute atomic E-state index is 0.0452. The van der Waals surface area contributed by atoms with Crippen molar-refractivity contribution >= 4 is 0 Å². The van der Waals surface area contributed by atoms with Crippen molar-refractivity contribution in [2.24, 2.45) is 45.3 Å².